The minimum atomic E-state index is -0.617. The van der Waals surface area contributed by atoms with Gasteiger partial charge >= 0.3 is 0 Å². The van der Waals surface area contributed by atoms with E-state index in [1.165, 1.54) is 12.1 Å². The van der Waals surface area contributed by atoms with E-state index in [-0.39, 0.29) is 23.8 Å². The van der Waals surface area contributed by atoms with E-state index in [0.717, 1.165) is 35.1 Å². The van der Waals surface area contributed by atoms with Gasteiger partial charge in [0.1, 0.15) is 29.6 Å². The number of likely N-dealkylation sites (tertiary alicyclic amines) is 1. The van der Waals surface area contributed by atoms with Crippen molar-refractivity contribution >= 4 is 0 Å². The molecule has 0 bridgehead atoms. The van der Waals surface area contributed by atoms with E-state index in [9.17, 15) is 0 Å². The first-order valence-corrected chi connectivity index (χ1v) is 19.0. The van der Waals surface area contributed by atoms with Crippen molar-refractivity contribution in [3.05, 3.63) is 173 Å². The number of halogens is 2. The van der Waals surface area contributed by atoms with Crippen molar-refractivity contribution in [1.82, 2.24) is 4.90 Å². The highest BCUT2D eigenvalue weighted by atomic mass is 19.1. The summed E-state index contributed by atoms with van der Waals surface area (Å²) >= 11 is 0. The molecule has 1 heterocycles. The molecule has 6 rings (SSSR count). The highest BCUT2D eigenvalue weighted by Crippen LogP contribution is 2.30. The lowest BCUT2D eigenvalue weighted by Crippen LogP contribution is -2.64. The lowest BCUT2D eigenvalue weighted by molar-refractivity contribution is -0.210. The molecule has 0 saturated carbocycles. The molecule has 1 saturated heterocycles. The van der Waals surface area contributed by atoms with Crippen LogP contribution in [0.2, 0.25) is 0 Å². The summed E-state index contributed by atoms with van der Waals surface area (Å²) in [5.74, 6) is -1.03. The van der Waals surface area contributed by atoms with Gasteiger partial charge in [-0.15, -0.1) is 0 Å². The van der Waals surface area contributed by atoms with E-state index in [4.69, 9.17) is 23.7 Å². The number of hydrogen-bond acceptors (Lipinski definition) is 6. The Hall–Kier alpha value is -4.44. The summed E-state index contributed by atoms with van der Waals surface area (Å²) in [6.07, 6.45) is 0.457. The van der Waals surface area contributed by atoms with Gasteiger partial charge in [-0.2, -0.15) is 0 Å². The molecule has 1 fully saturated rings. The Morgan fingerprint density at radius 2 is 1.09 bits per heavy atom. The molecule has 1 aliphatic heterocycles. The first kappa shape index (κ1) is 39.3. The second-order valence-corrected chi connectivity index (χ2v) is 13.7. The Morgan fingerprint density at radius 1 is 0.611 bits per heavy atom. The van der Waals surface area contributed by atoms with E-state index in [1.54, 1.807) is 0 Å². The van der Waals surface area contributed by atoms with Gasteiger partial charge in [0.15, 0.2) is 0 Å². The van der Waals surface area contributed by atoms with Gasteiger partial charge in [-0.05, 0) is 35.1 Å². The topological polar surface area (TPSA) is 49.4 Å². The van der Waals surface area contributed by atoms with Crippen molar-refractivity contribution in [2.45, 2.75) is 77.0 Å². The van der Waals surface area contributed by atoms with Crippen LogP contribution in [0.4, 0.5) is 8.78 Å². The number of unbranched alkanes of at least 4 members (excludes halogenated alkanes) is 1. The van der Waals surface area contributed by atoms with Crippen LogP contribution >= 0.6 is 0 Å². The number of nitrogens with zero attached hydrogens (tertiary/aromatic N) is 1. The summed E-state index contributed by atoms with van der Waals surface area (Å²) in [5, 5.41) is 0. The van der Waals surface area contributed by atoms with E-state index < -0.39 is 29.9 Å². The second-order valence-electron chi connectivity index (χ2n) is 13.7. The standard InChI is InChI=1S/C46H51F2NO5/c1-2-3-26-51-39-27-41(47)40(42(48)28-39)24-25-49-29-44(52-31-36-18-10-5-11-19-36)46(54-33-38-22-14-7-15-23-38)45(53-32-37-20-12-6-13-21-37)43(49)34-50-30-35-16-8-4-9-17-35/h4-23,27-28,43-46H,2-3,24-26,29-34H2,1H3/t43-,44-,45+,46+/m0/s1. The highest BCUT2D eigenvalue weighted by molar-refractivity contribution is 5.31. The highest BCUT2D eigenvalue weighted by Gasteiger charge is 2.46. The van der Waals surface area contributed by atoms with Gasteiger partial charge in [0.05, 0.1) is 51.8 Å². The zero-order valence-corrected chi connectivity index (χ0v) is 31.0. The molecule has 0 unspecified atom stereocenters. The van der Waals surface area contributed by atoms with Crippen molar-refractivity contribution in [2.24, 2.45) is 0 Å². The summed E-state index contributed by atoms with van der Waals surface area (Å²) in [4.78, 5) is 2.20. The average Bonchev–Trinajstić information content (AvgIpc) is 3.20. The SMILES string of the molecule is CCCCOc1cc(F)c(CCN2C[C@H](OCc3ccccc3)[C@@H](OCc3ccccc3)[C@H](OCc3ccccc3)[C@@H]2COCc2ccccc2)c(F)c1. The average molecular weight is 736 g/mol. The van der Waals surface area contributed by atoms with Crippen molar-refractivity contribution in [1.29, 1.82) is 0 Å². The predicted molar refractivity (Wildman–Crippen MR) is 207 cm³/mol. The van der Waals surface area contributed by atoms with Crippen LogP contribution in [0.25, 0.3) is 0 Å². The van der Waals surface area contributed by atoms with E-state index >= 15 is 8.78 Å². The van der Waals surface area contributed by atoms with Gasteiger partial charge < -0.3 is 23.7 Å². The number of benzene rings is 5. The molecule has 54 heavy (non-hydrogen) atoms. The lowest BCUT2D eigenvalue weighted by atomic mass is 9.92. The fourth-order valence-corrected chi connectivity index (χ4v) is 6.80. The Balaban J connectivity index is 1.30. The number of ether oxygens (including phenoxy) is 5. The van der Waals surface area contributed by atoms with Crippen LogP contribution < -0.4 is 4.74 Å². The summed E-state index contributed by atoms with van der Waals surface area (Å²) in [6, 6.07) is 42.4. The molecule has 6 nitrogen and oxygen atoms in total. The molecule has 0 aromatic heterocycles. The Kier molecular flexibility index (Phi) is 15.2. The Bertz CT molecular complexity index is 1780. The normalized spacial score (nSPS) is 18.8. The molecule has 284 valence electrons. The first-order chi connectivity index (χ1) is 26.6. The third-order valence-electron chi connectivity index (χ3n) is 9.76. The molecular formula is C46H51F2NO5. The Morgan fingerprint density at radius 3 is 1.61 bits per heavy atom. The summed E-state index contributed by atoms with van der Waals surface area (Å²) in [5.41, 5.74) is 4.16. The van der Waals surface area contributed by atoms with Gasteiger partial charge in [0.25, 0.3) is 0 Å². The van der Waals surface area contributed by atoms with Crippen LogP contribution in [-0.2, 0) is 51.8 Å². The van der Waals surface area contributed by atoms with E-state index in [0.29, 0.717) is 52.7 Å². The molecule has 4 atom stereocenters. The van der Waals surface area contributed by atoms with Crippen molar-refractivity contribution in [3.63, 3.8) is 0 Å². The van der Waals surface area contributed by atoms with Gasteiger partial charge in [0.2, 0.25) is 0 Å². The molecule has 1 aliphatic rings. The largest absolute Gasteiger partial charge is 0.493 e. The van der Waals surface area contributed by atoms with Crippen molar-refractivity contribution in [3.8, 4) is 5.75 Å². The molecule has 0 radical (unpaired) electrons. The molecule has 8 heteroatoms. The Labute approximate surface area is 318 Å². The van der Waals surface area contributed by atoms with Crippen molar-refractivity contribution < 1.29 is 32.5 Å². The van der Waals surface area contributed by atoms with Crippen LogP contribution in [0.3, 0.4) is 0 Å². The van der Waals surface area contributed by atoms with Gasteiger partial charge in [-0.3, -0.25) is 4.90 Å². The minimum Gasteiger partial charge on any atom is -0.493 e. The van der Waals surface area contributed by atoms with Crippen LogP contribution in [0.5, 0.6) is 5.75 Å². The van der Waals surface area contributed by atoms with E-state index in [1.807, 2.05) is 128 Å². The molecule has 5 aromatic rings. The van der Waals surface area contributed by atoms with Gasteiger partial charge in [-0.25, -0.2) is 8.78 Å². The maximum absolute atomic E-state index is 15.5. The number of piperidine rings is 1. The third kappa shape index (κ3) is 11.5. The summed E-state index contributed by atoms with van der Waals surface area (Å²) in [7, 11) is 0. The van der Waals surface area contributed by atoms with Gasteiger partial charge in [-0.1, -0.05) is 135 Å². The van der Waals surface area contributed by atoms with E-state index in [2.05, 4.69) is 4.90 Å². The summed E-state index contributed by atoms with van der Waals surface area (Å²) in [6.45, 7) is 5.02. The second kappa shape index (κ2) is 20.9. The zero-order valence-electron chi connectivity index (χ0n) is 31.0. The van der Waals surface area contributed by atoms with Gasteiger partial charge in [0, 0.05) is 30.8 Å². The molecular weight excluding hydrogens is 685 g/mol. The van der Waals surface area contributed by atoms with Crippen molar-refractivity contribution in [2.75, 3.05) is 26.3 Å². The zero-order chi connectivity index (χ0) is 37.4. The molecule has 5 aromatic carbocycles. The fourth-order valence-electron chi connectivity index (χ4n) is 6.80. The maximum Gasteiger partial charge on any atom is 0.133 e. The number of hydrogen-bond donors (Lipinski definition) is 0. The quantitative estimate of drug-likeness (QED) is 0.0743. The predicted octanol–water partition coefficient (Wildman–Crippen LogP) is 9.34. The molecule has 0 N–H and O–H groups in total. The summed E-state index contributed by atoms with van der Waals surface area (Å²) < 4.78 is 63.5. The minimum absolute atomic E-state index is 0.0211. The van der Waals surface area contributed by atoms with Crippen LogP contribution in [-0.4, -0.2) is 55.6 Å². The van der Waals surface area contributed by atoms with Crippen LogP contribution in [0.15, 0.2) is 133 Å². The van der Waals surface area contributed by atoms with Crippen LogP contribution in [0.1, 0.15) is 47.6 Å². The molecule has 0 aliphatic carbocycles. The first-order valence-electron chi connectivity index (χ1n) is 19.0. The molecule has 0 spiro atoms. The smallest absolute Gasteiger partial charge is 0.133 e. The number of rotatable bonds is 20. The monoisotopic (exact) mass is 735 g/mol. The molecule has 0 amide bonds. The lowest BCUT2D eigenvalue weighted by Gasteiger charge is -2.48. The van der Waals surface area contributed by atoms with Crippen LogP contribution in [0, 0.1) is 11.6 Å². The maximum atomic E-state index is 15.5. The third-order valence-corrected chi connectivity index (χ3v) is 9.76. The fraction of sp³-hybridized carbons (Fsp3) is 0.348.